The summed E-state index contributed by atoms with van der Waals surface area (Å²) in [5.74, 6) is -0.903. The Hall–Kier alpha value is -2.99. The van der Waals surface area contributed by atoms with E-state index in [4.69, 9.17) is 4.98 Å². The molecule has 2 aromatic heterocycles. The summed E-state index contributed by atoms with van der Waals surface area (Å²) >= 11 is 0. The van der Waals surface area contributed by atoms with Gasteiger partial charge < -0.3 is 5.11 Å². The molecule has 1 N–H and O–H groups in total. The van der Waals surface area contributed by atoms with Crippen LogP contribution < -0.4 is 0 Å². The number of pyridine rings is 1. The van der Waals surface area contributed by atoms with E-state index in [9.17, 15) is 9.90 Å². The lowest BCUT2D eigenvalue weighted by atomic mass is 9.92. The van der Waals surface area contributed by atoms with Crippen molar-refractivity contribution < 1.29 is 9.90 Å². The molecule has 0 bridgehead atoms. The third kappa shape index (κ3) is 3.20. The van der Waals surface area contributed by atoms with Crippen molar-refractivity contribution in [3.63, 3.8) is 0 Å². The van der Waals surface area contributed by atoms with Gasteiger partial charge in [-0.25, -0.2) is 9.78 Å². The second kappa shape index (κ2) is 7.20. The van der Waals surface area contributed by atoms with Gasteiger partial charge in [-0.3, -0.25) is 9.58 Å². The monoisotopic (exact) mass is 376 g/mol. The van der Waals surface area contributed by atoms with Gasteiger partial charge in [-0.2, -0.15) is 5.10 Å². The molecule has 6 heteroatoms. The summed E-state index contributed by atoms with van der Waals surface area (Å²) in [5, 5.41) is 15.1. The SMILES string of the molecule is CCN1C/C(=C\c2cnn(C(C)C)c2)c2nc3ccccc3c(C(=O)O)c2C1. The zero-order chi connectivity index (χ0) is 19.8. The van der Waals surface area contributed by atoms with E-state index in [0.29, 0.717) is 29.1 Å². The van der Waals surface area contributed by atoms with Crippen molar-refractivity contribution in [1.82, 2.24) is 19.7 Å². The average molecular weight is 376 g/mol. The van der Waals surface area contributed by atoms with E-state index in [1.54, 1.807) is 0 Å². The molecule has 0 radical (unpaired) electrons. The fraction of sp³-hybridized carbons (Fsp3) is 0.318. The van der Waals surface area contributed by atoms with E-state index < -0.39 is 5.97 Å². The number of carboxylic acid groups (broad SMARTS) is 1. The molecule has 3 aromatic rings. The standard InChI is InChI=1S/C22H24N4O2/c1-4-25-12-16(9-15-10-23-26(11-15)14(2)3)21-18(13-25)20(22(27)28)17-7-5-6-8-19(17)24-21/h5-11,14H,4,12-13H2,1-3H3,(H,27,28)/b16-9+. The van der Waals surface area contributed by atoms with Crippen LogP contribution in [0.5, 0.6) is 0 Å². The van der Waals surface area contributed by atoms with Gasteiger partial charge in [-0.1, -0.05) is 25.1 Å². The summed E-state index contributed by atoms with van der Waals surface area (Å²) in [4.78, 5) is 19.2. The Balaban J connectivity index is 1.93. The van der Waals surface area contributed by atoms with Crippen LogP contribution in [0, 0.1) is 0 Å². The van der Waals surface area contributed by atoms with Gasteiger partial charge in [0.05, 0.1) is 23.0 Å². The molecule has 28 heavy (non-hydrogen) atoms. The van der Waals surface area contributed by atoms with Crippen molar-refractivity contribution in [3.05, 3.63) is 59.0 Å². The third-order valence-corrected chi connectivity index (χ3v) is 5.23. The van der Waals surface area contributed by atoms with Gasteiger partial charge in [0.25, 0.3) is 0 Å². The summed E-state index contributed by atoms with van der Waals surface area (Å²) in [5.41, 5.74) is 4.69. The number of rotatable bonds is 4. The molecule has 0 spiro atoms. The van der Waals surface area contributed by atoms with E-state index in [-0.39, 0.29) is 0 Å². The number of carboxylic acids is 1. The van der Waals surface area contributed by atoms with Crippen molar-refractivity contribution in [3.8, 4) is 0 Å². The fourth-order valence-electron chi connectivity index (χ4n) is 3.76. The number of para-hydroxylation sites is 1. The van der Waals surface area contributed by atoms with Crippen LogP contribution in [0.15, 0.2) is 36.7 Å². The first-order valence-corrected chi connectivity index (χ1v) is 9.60. The molecule has 144 valence electrons. The molecule has 1 aliphatic rings. The van der Waals surface area contributed by atoms with Gasteiger partial charge in [0.2, 0.25) is 0 Å². The number of hydrogen-bond donors (Lipinski definition) is 1. The number of benzene rings is 1. The molecule has 0 saturated carbocycles. The van der Waals surface area contributed by atoms with E-state index in [2.05, 4.69) is 36.8 Å². The summed E-state index contributed by atoms with van der Waals surface area (Å²) in [6.07, 6.45) is 5.94. The van der Waals surface area contributed by atoms with Gasteiger partial charge in [-0.15, -0.1) is 0 Å². The zero-order valence-corrected chi connectivity index (χ0v) is 16.4. The Kier molecular flexibility index (Phi) is 4.73. The maximum Gasteiger partial charge on any atom is 0.336 e. The van der Waals surface area contributed by atoms with Crippen molar-refractivity contribution >= 4 is 28.5 Å². The molecule has 1 aliphatic heterocycles. The second-order valence-electron chi connectivity index (χ2n) is 7.46. The summed E-state index contributed by atoms with van der Waals surface area (Å²) in [7, 11) is 0. The van der Waals surface area contributed by atoms with Crippen LogP contribution in [0.1, 0.15) is 54.0 Å². The number of hydrogen-bond acceptors (Lipinski definition) is 4. The quantitative estimate of drug-likeness (QED) is 0.743. The lowest BCUT2D eigenvalue weighted by molar-refractivity contribution is 0.0696. The highest BCUT2D eigenvalue weighted by molar-refractivity contribution is 6.05. The largest absolute Gasteiger partial charge is 0.478 e. The highest BCUT2D eigenvalue weighted by atomic mass is 16.4. The predicted octanol–water partition coefficient (Wildman–Crippen LogP) is 4.09. The van der Waals surface area contributed by atoms with Crippen LogP contribution in [0.25, 0.3) is 22.6 Å². The highest BCUT2D eigenvalue weighted by Crippen LogP contribution is 2.34. The topological polar surface area (TPSA) is 71.2 Å². The number of nitrogens with zero attached hydrogens (tertiary/aromatic N) is 4. The zero-order valence-electron chi connectivity index (χ0n) is 16.4. The number of carbonyl (C=O) groups is 1. The molecular weight excluding hydrogens is 352 g/mol. The molecule has 0 atom stereocenters. The van der Waals surface area contributed by atoms with E-state index in [0.717, 1.165) is 35.5 Å². The number of aromatic carboxylic acids is 1. The average Bonchev–Trinajstić information content (AvgIpc) is 3.14. The molecule has 3 heterocycles. The second-order valence-corrected chi connectivity index (χ2v) is 7.46. The molecule has 4 rings (SSSR count). The molecule has 0 amide bonds. The molecule has 0 fully saturated rings. The minimum absolute atomic E-state index is 0.290. The first-order valence-electron chi connectivity index (χ1n) is 9.60. The number of likely N-dealkylation sites (N-methyl/N-ethyl adjacent to an activating group) is 1. The van der Waals surface area contributed by atoms with Crippen molar-refractivity contribution in [1.29, 1.82) is 0 Å². The Morgan fingerprint density at radius 1 is 1.29 bits per heavy atom. The minimum Gasteiger partial charge on any atom is -0.478 e. The van der Waals surface area contributed by atoms with Gasteiger partial charge in [-0.05, 0) is 38.1 Å². The van der Waals surface area contributed by atoms with Crippen LogP contribution in [0.4, 0.5) is 0 Å². The number of fused-ring (bicyclic) bond motifs is 2. The Morgan fingerprint density at radius 3 is 2.75 bits per heavy atom. The molecule has 0 aliphatic carbocycles. The van der Waals surface area contributed by atoms with Crippen LogP contribution in [-0.4, -0.2) is 43.8 Å². The Labute approximate surface area is 164 Å². The predicted molar refractivity (Wildman–Crippen MR) is 110 cm³/mol. The normalized spacial score (nSPS) is 16.1. The van der Waals surface area contributed by atoms with Gasteiger partial charge in [0.15, 0.2) is 0 Å². The highest BCUT2D eigenvalue weighted by Gasteiger charge is 2.27. The van der Waals surface area contributed by atoms with E-state index >= 15 is 0 Å². The lowest BCUT2D eigenvalue weighted by Gasteiger charge is -2.30. The molecule has 0 saturated heterocycles. The summed E-state index contributed by atoms with van der Waals surface area (Å²) in [6, 6.07) is 7.76. The fourth-order valence-corrected chi connectivity index (χ4v) is 3.76. The number of aromatic nitrogens is 3. The van der Waals surface area contributed by atoms with Gasteiger partial charge in [0, 0.05) is 41.8 Å². The van der Waals surface area contributed by atoms with E-state index in [1.807, 2.05) is 41.3 Å². The Morgan fingerprint density at radius 2 is 2.07 bits per heavy atom. The van der Waals surface area contributed by atoms with Crippen molar-refractivity contribution in [2.24, 2.45) is 0 Å². The van der Waals surface area contributed by atoms with E-state index in [1.165, 1.54) is 0 Å². The molecule has 6 nitrogen and oxygen atoms in total. The third-order valence-electron chi connectivity index (χ3n) is 5.23. The molecular formula is C22H24N4O2. The smallest absolute Gasteiger partial charge is 0.336 e. The molecule has 1 aromatic carbocycles. The molecule has 0 unspecified atom stereocenters. The van der Waals surface area contributed by atoms with Crippen LogP contribution in [0.3, 0.4) is 0 Å². The lowest BCUT2D eigenvalue weighted by Crippen LogP contribution is -2.31. The maximum absolute atomic E-state index is 12.1. The van der Waals surface area contributed by atoms with Gasteiger partial charge in [0.1, 0.15) is 0 Å². The first kappa shape index (κ1) is 18.4. The van der Waals surface area contributed by atoms with Crippen molar-refractivity contribution in [2.45, 2.75) is 33.4 Å². The minimum atomic E-state index is -0.903. The summed E-state index contributed by atoms with van der Waals surface area (Å²) < 4.78 is 1.92. The first-order chi connectivity index (χ1) is 13.5. The summed E-state index contributed by atoms with van der Waals surface area (Å²) in [6.45, 7) is 8.44. The Bertz CT molecular complexity index is 1080. The van der Waals surface area contributed by atoms with Crippen LogP contribution in [0.2, 0.25) is 0 Å². The van der Waals surface area contributed by atoms with Gasteiger partial charge >= 0.3 is 5.97 Å². The van der Waals surface area contributed by atoms with Crippen LogP contribution >= 0.6 is 0 Å². The van der Waals surface area contributed by atoms with Crippen LogP contribution in [-0.2, 0) is 6.54 Å². The maximum atomic E-state index is 12.1. The van der Waals surface area contributed by atoms with Crippen molar-refractivity contribution in [2.75, 3.05) is 13.1 Å².